The zero-order valence-corrected chi connectivity index (χ0v) is 11.0. The summed E-state index contributed by atoms with van der Waals surface area (Å²) in [5.74, 6) is 1.87. The van der Waals surface area contributed by atoms with Crippen LogP contribution in [-0.2, 0) is 13.5 Å². The summed E-state index contributed by atoms with van der Waals surface area (Å²) in [6.45, 7) is 0. The highest BCUT2D eigenvalue weighted by atomic mass is 32.1. The van der Waals surface area contributed by atoms with Crippen molar-refractivity contribution in [2.45, 2.75) is 12.5 Å². The standard InChI is InChI=1S/C11H16N4OS/c1-12-9(5-11-13-7-14-15(11)2)10-4-8(16-3)6-17-10/h4,6-7,9,12H,5H2,1-3H3. The summed E-state index contributed by atoms with van der Waals surface area (Å²) in [6.07, 6.45) is 2.40. The first-order chi connectivity index (χ1) is 8.24. The van der Waals surface area contributed by atoms with E-state index in [1.165, 1.54) is 4.88 Å². The Morgan fingerprint density at radius 1 is 1.59 bits per heavy atom. The van der Waals surface area contributed by atoms with Crippen molar-refractivity contribution in [3.63, 3.8) is 0 Å². The summed E-state index contributed by atoms with van der Waals surface area (Å²) in [4.78, 5) is 5.48. The van der Waals surface area contributed by atoms with Crippen molar-refractivity contribution in [3.8, 4) is 5.75 Å². The lowest BCUT2D eigenvalue weighted by Gasteiger charge is -2.13. The molecule has 0 saturated carbocycles. The van der Waals surface area contributed by atoms with Gasteiger partial charge >= 0.3 is 0 Å². The van der Waals surface area contributed by atoms with Crippen LogP contribution in [0.4, 0.5) is 0 Å². The lowest BCUT2D eigenvalue weighted by molar-refractivity contribution is 0.416. The number of hydrogen-bond donors (Lipinski definition) is 1. The van der Waals surface area contributed by atoms with Crippen LogP contribution in [0.2, 0.25) is 0 Å². The van der Waals surface area contributed by atoms with Crippen molar-refractivity contribution in [1.29, 1.82) is 0 Å². The molecule has 6 heteroatoms. The SMILES string of the molecule is CNC(Cc1ncnn1C)c1cc(OC)cs1. The summed E-state index contributed by atoms with van der Waals surface area (Å²) in [5, 5.41) is 9.38. The van der Waals surface area contributed by atoms with Gasteiger partial charge in [0, 0.05) is 29.8 Å². The molecule has 0 aliphatic carbocycles. The van der Waals surface area contributed by atoms with Gasteiger partial charge in [-0.15, -0.1) is 11.3 Å². The summed E-state index contributed by atoms with van der Waals surface area (Å²) < 4.78 is 7.00. The number of nitrogens with one attached hydrogen (secondary N) is 1. The molecule has 2 aromatic heterocycles. The molecule has 1 unspecified atom stereocenters. The molecule has 17 heavy (non-hydrogen) atoms. The minimum atomic E-state index is 0.242. The second kappa shape index (κ2) is 5.29. The molecular weight excluding hydrogens is 236 g/mol. The Bertz CT molecular complexity index is 479. The van der Waals surface area contributed by atoms with Gasteiger partial charge in [-0.25, -0.2) is 4.98 Å². The molecule has 0 spiro atoms. The summed E-state index contributed by atoms with van der Waals surface area (Å²) in [6, 6.07) is 2.30. The predicted octanol–water partition coefficient (Wildman–Crippen LogP) is 1.39. The van der Waals surface area contributed by atoms with Gasteiger partial charge < -0.3 is 10.1 Å². The van der Waals surface area contributed by atoms with Crippen LogP contribution >= 0.6 is 11.3 Å². The molecule has 0 amide bonds. The maximum absolute atomic E-state index is 5.20. The molecule has 0 bridgehead atoms. The van der Waals surface area contributed by atoms with Crippen molar-refractivity contribution >= 4 is 11.3 Å². The Hall–Kier alpha value is -1.40. The Morgan fingerprint density at radius 2 is 2.41 bits per heavy atom. The number of aryl methyl sites for hydroxylation is 1. The third kappa shape index (κ3) is 2.65. The largest absolute Gasteiger partial charge is 0.496 e. The molecule has 1 atom stereocenters. The van der Waals surface area contributed by atoms with Crippen LogP contribution in [0.3, 0.4) is 0 Å². The fourth-order valence-electron chi connectivity index (χ4n) is 1.66. The quantitative estimate of drug-likeness (QED) is 0.873. The minimum Gasteiger partial charge on any atom is -0.496 e. The van der Waals surface area contributed by atoms with E-state index in [-0.39, 0.29) is 6.04 Å². The molecule has 0 aromatic carbocycles. The van der Waals surface area contributed by atoms with Gasteiger partial charge in [0.15, 0.2) is 0 Å². The number of aromatic nitrogens is 3. The lowest BCUT2D eigenvalue weighted by Crippen LogP contribution is -2.19. The van der Waals surface area contributed by atoms with Gasteiger partial charge in [0.25, 0.3) is 0 Å². The number of hydrogen-bond acceptors (Lipinski definition) is 5. The maximum atomic E-state index is 5.20. The number of methoxy groups -OCH3 is 1. The highest BCUT2D eigenvalue weighted by Crippen LogP contribution is 2.28. The van der Waals surface area contributed by atoms with Crippen molar-refractivity contribution < 1.29 is 4.74 Å². The van der Waals surface area contributed by atoms with Crippen LogP contribution in [0.15, 0.2) is 17.8 Å². The molecule has 2 heterocycles. The fourth-order valence-corrected chi connectivity index (χ4v) is 2.62. The average molecular weight is 252 g/mol. The normalized spacial score (nSPS) is 12.6. The van der Waals surface area contributed by atoms with Gasteiger partial charge in [-0.3, -0.25) is 4.68 Å². The second-order valence-corrected chi connectivity index (χ2v) is 4.68. The van der Waals surface area contributed by atoms with E-state index in [9.17, 15) is 0 Å². The second-order valence-electron chi connectivity index (χ2n) is 3.73. The van der Waals surface area contributed by atoms with Crippen molar-refractivity contribution in [2.75, 3.05) is 14.2 Å². The molecule has 1 N–H and O–H groups in total. The molecule has 0 aliphatic rings. The zero-order valence-electron chi connectivity index (χ0n) is 10.2. The van der Waals surface area contributed by atoms with E-state index < -0.39 is 0 Å². The molecule has 2 aromatic rings. The van der Waals surface area contributed by atoms with Crippen molar-refractivity contribution in [3.05, 3.63) is 28.5 Å². The molecule has 0 radical (unpaired) electrons. The highest BCUT2D eigenvalue weighted by Gasteiger charge is 2.15. The Kier molecular flexibility index (Phi) is 3.75. The number of thiophene rings is 1. The number of ether oxygens (including phenoxy) is 1. The van der Waals surface area contributed by atoms with E-state index in [2.05, 4.69) is 21.5 Å². The first-order valence-corrected chi connectivity index (χ1v) is 6.25. The predicted molar refractivity (Wildman–Crippen MR) is 67.4 cm³/mol. The molecule has 92 valence electrons. The van der Waals surface area contributed by atoms with Gasteiger partial charge in [-0.05, 0) is 13.1 Å². The smallest absolute Gasteiger partial charge is 0.138 e. The Morgan fingerprint density at radius 3 is 2.94 bits per heavy atom. The van der Waals surface area contributed by atoms with Crippen LogP contribution in [0, 0.1) is 0 Å². The van der Waals surface area contributed by atoms with E-state index >= 15 is 0 Å². The van der Waals surface area contributed by atoms with E-state index in [4.69, 9.17) is 4.74 Å². The summed E-state index contributed by atoms with van der Waals surface area (Å²) >= 11 is 1.69. The molecular formula is C11H16N4OS. The average Bonchev–Trinajstić information content (AvgIpc) is 2.95. The van der Waals surface area contributed by atoms with Gasteiger partial charge in [0.1, 0.15) is 17.9 Å². The monoisotopic (exact) mass is 252 g/mol. The van der Waals surface area contributed by atoms with Crippen LogP contribution < -0.4 is 10.1 Å². The van der Waals surface area contributed by atoms with Crippen LogP contribution in [0.25, 0.3) is 0 Å². The van der Waals surface area contributed by atoms with E-state index in [1.54, 1.807) is 29.5 Å². The van der Waals surface area contributed by atoms with E-state index in [0.29, 0.717) is 0 Å². The third-order valence-corrected chi connectivity index (χ3v) is 3.74. The van der Waals surface area contributed by atoms with Crippen molar-refractivity contribution in [2.24, 2.45) is 7.05 Å². The first-order valence-electron chi connectivity index (χ1n) is 5.37. The summed E-state index contributed by atoms with van der Waals surface area (Å²) in [5.41, 5.74) is 0. The highest BCUT2D eigenvalue weighted by molar-refractivity contribution is 7.10. The van der Waals surface area contributed by atoms with E-state index in [0.717, 1.165) is 18.0 Å². The number of nitrogens with zero attached hydrogens (tertiary/aromatic N) is 3. The first kappa shape index (κ1) is 12.1. The topological polar surface area (TPSA) is 52.0 Å². The zero-order chi connectivity index (χ0) is 12.3. The van der Waals surface area contributed by atoms with Gasteiger partial charge in [0.05, 0.1) is 7.11 Å². The lowest BCUT2D eigenvalue weighted by atomic mass is 10.1. The van der Waals surface area contributed by atoms with Crippen molar-refractivity contribution in [1.82, 2.24) is 20.1 Å². The maximum Gasteiger partial charge on any atom is 0.138 e. The van der Waals surface area contributed by atoms with Crippen LogP contribution in [-0.4, -0.2) is 28.9 Å². The van der Waals surface area contributed by atoms with Gasteiger partial charge in [-0.1, -0.05) is 0 Å². The Labute approximate surface area is 104 Å². The van der Waals surface area contributed by atoms with Crippen LogP contribution in [0.5, 0.6) is 5.75 Å². The van der Waals surface area contributed by atoms with Crippen LogP contribution in [0.1, 0.15) is 16.7 Å². The minimum absolute atomic E-state index is 0.242. The summed E-state index contributed by atoms with van der Waals surface area (Å²) in [7, 11) is 5.54. The molecule has 0 saturated heterocycles. The van der Waals surface area contributed by atoms with Gasteiger partial charge in [-0.2, -0.15) is 5.10 Å². The Balaban J connectivity index is 2.14. The molecule has 0 aliphatic heterocycles. The number of likely N-dealkylation sites (N-methyl/N-ethyl adjacent to an activating group) is 1. The molecule has 0 fully saturated rings. The molecule has 5 nitrogen and oxygen atoms in total. The molecule has 2 rings (SSSR count). The van der Waals surface area contributed by atoms with E-state index in [1.807, 2.05) is 19.5 Å². The number of rotatable bonds is 5. The van der Waals surface area contributed by atoms with Gasteiger partial charge in [0.2, 0.25) is 0 Å². The third-order valence-electron chi connectivity index (χ3n) is 2.72. The fraction of sp³-hybridized carbons (Fsp3) is 0.455.